The molecule has 0 heterocycles. The number of rotatable bonds is 2. The van der Waals surface area contributed by atoms with Gasteiger partial charge in [0.25, 0.3) is 5.91 Å². The quantitative estimate of drug-likeness (QED) is 0.838. The van der Waals surface area contributed by atoms with Gasteiger partial charge in [0.15, 0.2) is 0 Å². The zero-order valence-electron chi connectivity index (χ0n) is 10.3. The summed E-state index contributed by atoms with van der Waals surface area (Å²) in [7, 11) is 0. The number of hydrogen-bond donors (Lipinski definition) is 1. The van der Waals surface area contributed by atoms with Gasteiger partial charge in [0.2, 0.25) is 0 Å². The lowest BCUT2D eigenvalue weighted by molar-refractivity contribution is 0.0929. The summed E-state index contributed by atoms with van der Waals surface area (Å²) in [5.74, 6) is 0.183. The van der Waals surface area contributed by atoms with Gasteiger partial charge >= 0.3 is 0 Å². The third kappa shape index (κ3) is 2.65. The number of amides is 1. The molecule has 2 atom stereocenters. The molecular weight excluding hydrogens is 217 g/mol. The van der Waals surface area contributed by atoms with Crippen LogP contribution in [0.2, 0.25) is 0 Å². The van der Waals surface area contributed by atoms with E-state index in [1.165, 1.54) is 25.0 Å². The molecular formula is C14H18FNO. The monoisotopic (exact) mass is 235 g/mol. The van der Waals surface area contributed by atoms with E-state index < -0.39 is 0 Å². The van der Waals surface area contributed by atoms with Crippen LogP contribution in [0.4, 0.5) is 4.39 Å². The van der Waals surface area contributed by atoms with Crippen LogP contribution in [0.25, 0.3) is 0 Å². The van der Waals surface area contributed by atoms with Crippen LogP contribution in [0.3, 0.4) is 0 Å². The Morgan fingerprint density at radius 3 is 2.76 bits per heavy atom. The molecule has 0 bridgehead atoms. The molecule has 2 nitrogen and oxygen atoms in total. The summed E-state index contributed by atoms with van der Waals surface area (Å²) in [6.45, 7) is 3.83. The van der Waals surface area contributed by atoms with Gasteiger partial charge in [0.1, 0.15) is 5.82 Å². The van der Waals surface area contributed by atoms with Crippen LogP contribution in [0.5, 0.6) is 0 Å². The second kappa shape index (κ2) is 4.86. The third-order valence-corrected chi connectivity index (χ3v) is 3.60. The van der Waals surface area contributed by atoms with Gasteiger partial charge in [-0.2, -0.15) is 0 Å². The molecule has 0 aromatic heterocycles. The van der Waals surface area contributed by atoms with E-state index in [0.717, 1.165) is 6.42 Å². The van der Waals surface area contributed by atoms with Gasteiger partial charge in [0.05, 0.1) is 0 Å². The minimum Gasteiger partial charge on any atom is -0.349 e. The summed E-state index contributed by atoms with van der Waals surface area (Å²) in [6.07, 6.45) is 3.40. The van der Waals surface area contributed by atoms with Crippen molar-refractivity contribution in [3.8, 4) is 0 Å². The molecule has 1 aliphatic rings. The summed E-state index contributed by atoms with van der Waals surface area (Å²) in [6, 6.07) is 4.76. The molecule has 1 saturated carbocycles. The molecule has 92 valence electrons. The maximum Gasteiger partial charge on any atom is 0.251 e. The largest absolute Gasteiger partial charge is 0.349 e. The SMILES string of the molecule is Cc1cc(C(=O)NC2CCCC2C)ccc1F. The van der Waals surface area contributed by atoms with Crippen molar-refractivity contribution in [2.75, 3.05) is 0 Å². The highest BCUT2D eigenvalue weighted by atomic mass is 19.1. The van der Waals surface area contributed by atoms with Crippen LogP contribution in [0.1, 0.15) is 42.1 Å². The molecule has 2 unspecified atom stereocenters. The van der Waals surface area contributed by atoms with Crippen molar-refractivity contribution in [2.24, 2.45) is 5.92 Å². The molecule has 2 rings (SSSR count). The number of hydrogen-bond acceptors (Lipinski definition) is 1. The molecule has 17 heavy (non-hydrogen) atoms. The summed E-state index contributed by atoms with van der Waals surface area (Å²) in [4.78, 5) is 12.0. The van der Waals surface area contributed by atoms with Crippen LogP contribution < -0.4 is 5.32 Å². The van der Waals surface area contributed by atoms with E-state index in [2.05, 4.69) is 12.2 Å². The van der Waals surface area contributed by atoms with Crippen molar-refractivity contribution >= 4 is 5.91 Å². The molecule has 0 radical (unpaired) electrons. The smallest absolute Gasteiger partial charge is 0.251 e. The fraction of sp³-hybridized carbons (Fsp3) is 0.500. The Balaban J connectivity index is 2.06. The lowest BCUT2D eigenvalue weighted by Gasteiger charge is -2.17. The van der Waals surface area contributed by atoms with Crippen LogP contribution >= 0.6 is 0 Å². The fourth-order valence-electron chi connectivity index (χ4n) is 2.40. The van der Waals surface area contributed by atoms with Gasteiger partial charge in [-0.15, -0.1) is 0 Å². The first kappa shape index (κ1) is 12.1. The number of carbonyl (C=O) groups is 1. The maximum absolute atomic E-state index is 13.1. The maximum atomic E-state index is 13.1. The van der Waals surface area contributed by atoms with Crippen molar-refractivity contribution in [1.82, 2.24) is 5.32 Å². The molecule has 1 aromatic carbocycles. The topological polar surface area (TPSA) is 29.1 Å². The van der Waals surface area contributed by atoms with Crippen LogP contribution in [-0.2, 0) is 0 Å². The Bertz CT molecular complexity index is 430. The Morgan fingerprint density at radius 2 is 2.18 bits per heavy atom. The molecule has 1 N–H and O–H groups in total. The molecule has 0 saturated heterocycles. The van der Waals surface area contributed by atoms with Crippen LogP contribution in [-0.4, -0.2) is 11.9 Å². The van der Waals surface area contributed by atoms with Gasteiger partial charge in [-0.25, -0.2) is 4.39 Å². The molecule has 0 aliphatic heterocycles. The minimum atomic E-state index is -0.268. The molecule has 3 heteroatoms. The highest BCUT2D eigenvalue weighted by Crippen LogP contribution is 2.25. The van der Waals surface area contributed by atoms with E-state index in [-0.39, 0.29) is 17.8 Å². The average molecular weight is 235 g/mol. The van der Waals surface area contributed by atoms with Crippen LogP contribution in [0, 0.1) is 18.7 Å². The Morgan fingerprint density at radius 1 is 1.41 bits per heavy atom. The summed E-state index contributed by atoms with van der Waals surface area (Å²) >= 11 is 0. The number of carbonyl (C=O) groups excluding carboxylic acids is 1. The number of aryl methyl sites for hydroxylation is 1. The minimum absolute atomic E-state index is 0.0909. The average Bonchev–Trinajstić information content (AvgIpc) is 2.68. The van der Waals surface area contributed by atoms with E-state index in [1.54, 1.807) is 13.0 Å². The Hall–Kier alpha value is -1.38. The Kier molecular flexibility index (Phi) is 3.46. The molecule has 1 aliphatic carbocycles. The second-order valence-electron chi connectivity index (χ2n) is 4.95. The second-order valence-corrected chi connectivity index (χ2v) is 4.95. The van der Waals surface area contributed by atoms with Crippen molar-refractivity contribution in [2.45, 2.75) is 39.2 Å². The van der Waals surface area contributed by atoms with E-state index >= 15 is 0 Å². The molecule has 1 aromatic rings. The van der Waals surface area contributed by atoms with E-state index in [0.29, 0.717) is 17.0 Å². The van der Waals surface area contributed by atoms with Crippen molar-refractivity contribution in [3.63, 3.8) is 0 Å². The number of benzene rings is 1. The van der Waals surface area contributed by atoms with Gasteiger partial charge in [0, 0.05) is 11.6 Å². The lowest BCUT2D eigenvalue weighted by atomic mass is 10.1. The number of halogens is 1. The van der Waals surface area contributed by atoms with Gasteiger partial charge in [-0.3, -0.25) is 4.79 Å². The zero-order valence-corrected chi connectivity index (χ0v) is 10.3. The van der Waals surface area contributed by atoms with Crippen molar-refractivity contribution < 1.29 is 9.18 Å². The third-order valence-electron chi connectivity index (χ3n) is 3.60. The predicted octanol–water partition coefficient (Wildman–Crippen LogP) is 3.05. The predicted molar refractivity (Wildman–Crippen MR) is 65.4 cm³/mol. The van der Waals surface area contributed by atoms with Crippen molar-refractivity contribution in [1.29, 1.82) is 0 Å². The summed E-state index contributed by atoms with van der Waals surface area (Å²) in [5.41, 5.74) is 1.06. The first-order chi connectivity index (χ1) is 8.08. The zero-order chi connectivity index (χ0) is 12.4. The van der Waals surface area contributed by atoms with Crippen LogP contribution in [0.15, 0.2) is 18.2 Å². The lowest BCUT2D eigenvalue weighted by Crippen LogP contribution is -2.36. The van der Waals surface area contributed by atoms with Gasteiger partial charge in [-0.05, 0) is 49.4 Å². The van der Waals surface area contributed by atoms with E-state index in [9.17, 15) is 9.18 Å². The standard InChI is InChI=1S/C14H18FNO/c1-9-4-3-5-13(9)16-14(17)11-6-7-12(15)10(2)8-11/h6-9,13H,3-5H2,1-2H3,(H,16,17). The molecule has 1 fully saturated rings. The van der Waals surface area contributed by atoms with Crippen molar-refractivity contribution in [3.05, 3.63) is 35.1 Å². The summed E-state index contributed by atoms with van der Waals surface area (Å²) in [5, 5.41) is 3.03. The Labute approximate surface area is 101 Å². The first-order valence-corrected chi connectivity index (χ1v) is 6.15. The van der Waals surface area contributed by atoms with Gasteiger partial charge < -0.3 is 5.32 Å². The molecule has 1 amide bonds. The highest BCUT2D eigenvalue weighted by molar-refractivity contribution is 5.94. The molecule has 0 spiro atoms. The highest BCUT2D eigenvalue weighted by Gasteiger charge is 2.25. The van der Waals surface area contributed by atoms with E-state index in [4.69, 9.17) is 0 Å². The number of nitrogens with one attached hydrogen (secondary N) is 1. The normalized spacial score (nSPS) is 23.7. The van der Waals surface area contributed by atoms with E-state index in [1.807, 2.05) is 0 Å². The fourth-order valence-corrected chi connectivity index (χ4v) is 2.40. The van der Waals surface area contributed by atoms with Gasteiger partial charge in [-0.1, -0.05) is 13.3 Å². The summed E-state index contributed by atoms with van der Waals surface area (Å²) < 4.78 is 13.1. The first-order valence-electron chi connectivity index (χ1n) is 6.15.